The lowest BCUT2D eigenvalue weighted by molar-refractivity contribution is -0.114. The van der Waals surface area contributed by atoms with E-state index in [-0.39, 0.29) is 5.57 Å². The van der Waals surface area contributed by atoms with Crippen LogP contribution in [0.15, 0.2) is 35.9 Å². The van der Waals surface area contributed by atoms with Crippen LogP contribution >= 0.6 is 11.6 Å². The molecule has 0 radical (unpaired) electrons. The first-order valence-corrected chi connectivity index (χ1v) is 5.38. The van der Waals surface area contributed by atoms with Gasteiger partial charge < -0.3 is 10.5 Å². The SMILES string of the molecule is COc1ccc(Cl)cc1/C=C\C=C(\C#N)C(N)=O. The van der Waals surface area contributed by atoms with E-state index in [4.69, 9.17) is 27.3 Å². The quantitative estimate of drug-likeness (QED) is 0.514. The molecule has 0 unspecified atom stereocenters. The number of nitrogens with two attached hydrogens (primary N) is 1. The Morgan fingerprint density at radius 1 is 1.56 bits per heavy atom. The second-order valence-electron chi connectivity index (χ2n) is 3.30. The molecule has 18 heavy (non-hydrogen) atoms. The van der Waals surface area contributed by atoms with Crippen LogP contribution in [0.25, 0.3) is 6.08 Å². The zero-order valence-electron chi connectivity index (χ0n) is 9.68. The van der Waals surface area contributed by atoms with Crippen LogP contribution in [0.2, 0.25) is 5.02 Å². The van der Waals surface area contributed by atoms with Gasteiger partial charge in [0.1, 0.15) is 17.4 Å². The van der Waals surface area contributed by atoms with Crippen molar-refractivity contribution in [2.45, 2.75) is 0 Å². The molecule has 1 aromatic rings. The molecule has 0 saturated carbocycles. The predicted molar refractivity (Wildman–Crippen MR) is 69.9 cm³/mol. The van der Waals surface area contributed by atoms with Gasteiger partial charge in [-0.3, -0.25) is 4.79 Å². The Morgan fingerprint density at radius 3 is 2.83 bits per heavy atom. The minimum atomic E-state index is -0.764. The van der Waals surface area contributed by atoms with Crippen LogP contribution in [0.3, 0.4) is 0 Å². The molecule has 4 nitrogen and oxygen atoms in total. The molecule has 0 aliphatic rings. The third-order valence-electron chi connectivity index (χ3n) is 2.12. The van der Waals surface area contributed by atoms with Gasteiger partial charge in [-0.2, -0.15) is 5.26 Å². The highest BCUT2D eigenvalue weighted by Gasteiger charge is 2.01. The normalized spacial score (nSPS) is 11.3. The number of nitriles is 1. The summed E-state index contributed by atoms with van der Waals surface area (Å²) in [6.07, 6.45) is 4.55. The zero-order chi connectivity index (χ0) is 13.5. The number of rotatable bonds is 4. The number of hydrogen-bond acceptors (Lipinski definition) is 3. The predicted octanol–water partition coefficient (Wildman–Crippen LogP) is 2.30. The molecule has 0 aromatic heterocycles. The molecule has 0 heterocycles. The molecule has 0 atom stereocenters. The summed E-state index contributed by atoms with van der Waals surface area (Å²) >= 11 is 5.86. The number of carbonyl (C=O) groups excluding carboxylic acids is 1. The molecule has 0 bridgehead atoms. The molecule has 1 aromatic carbocycles. The van der Waals surface area contributed by atoms with E-state index in [1.54, 1.807) is 37.5 Å². The number of hydrogen-bond donors (Lipinski definition) is 1. The fourth-order valence-corrected chi connectivity index (χ4v) is 1.44. The monoisotopic (exact) mass is 262 g/mol. The number of carbonyl (C=O) groups is 1. The van der Waals surface area contributed by atoms with Crippen molar-refractivity contribution >= 4 is 23.6 Å². The van der Waals surface area contributed by atoms with Crippen molar-refractivity contribution < 1.29 is 9.53 Å². The highest BCUT2D eigenvalue weighted by atomic mass is 35.5. The fourth-order valence-electron chi connectivity index (χ4n) is 1.26. The van der Waals surface area contributed by atoms with Crippen molar-refractivity contribution in [3.8, 4) is 11.8 Å². The molecule has 1 rings (SSSR count). The summed E-state index contributed by atoms with van der Waals surface area (Å²) < 4.78 is 5.14. The summed E-state index contributed by atoms with van der Waals surface area (Å²) in [6.45, 7) is 0. The minimum absolute atomic E-state index is 0.118. The van der Waals surface area contributed by atoms with Crippen molar-refractivity contribution in [3.63, 3.8) is 0 Å². The maximum Gasteiger partial charge on any atom is 0.259 e. The van der Waals surface area contributed by atoms with Gasteiger partial charge in [-0.05, 0) is 24.3 Å². The number of allylic oxidation sites excluding steroid dienone is 2. The average molecular weight is 263 g/mol. The number of benzene rings is 1. The summed E-state index contributed by atoms with van der Waals surface area (Å²) in [6, 6.07) is 6.85. The maximum absolute atomic E-state index is 10.8. The number of methoxy groups -OCH3 is 1. The van der Waals surface area contributed by atoms with Crippen molar-refractivity contribution in [2.24, 2.45) is 5.73 Å². The Hall–Kier alpha value is -2.25. The van der Waals surface area contributed by atoms with Crippen LogP contribution in [0, 0.1) is 11.3 Å². The van der Waals surface area contributed by atoms with Gasteiger partial charge in [0, 0.05) is 10.6 Å². The van der Waals surface area contributed by atoms with Gasteiger partial charge in [0.15, 0.2) is 0 Å². The first-order chi connectivity index (χ1) is 8.58. The van der Waals surface area contributed by atoms with Crippen molar-refractivity contribution in [1.29, 1.82) is 5.26 Å². The molecule has 5 heteroatoms. The third kappa shape index (κ3) is 3.65. The topological polar surface area (TPSA) is 76.1 Å². The lowest BCUT2D eigenvalue weighted by Gasteiger charge is -2.04. The van der Waals surface area contributed by atoms with Gasteiger partial charge in [-0.15, -0.1) is 0 Å². The van der Waals surface area contributed by atoms with E-state index >= 15 is 0 Å². The summed E-state index contributed by atoms with van der Waals surface area (Å²) in [5.41, 5.74) is 5.62. The lowest BCUT2D eigenvalue weighted by Crippen LogP contribution is -2.12. The molecular weight excluding hydrogens is 252 g/mol. The Labute approximate surface area is 110 Å². The first-order valence-electron chi connectivity index (χ1n) is 5.00. The molecule has 0 aliphatic carbocycles. The molecule has 1 amide bonds. The van der Waals surface area contributed by atoms with E-state index in [9.17, 15) is 4.79 Å². The Kier molecular flexibility index (Phi) is 4.97. The number of ether oxygens (including phenoxy) is 1. The molecule has 2 N–H and O–H groups in total. The van der Waals surface area contributed by atoms with Gasteiger partial charge >= 0.3 is 0 Å². The largest absolute Gasteiger partial charge is 0.496 e. The molecule has 0 spiro atoms. The smallest absolute Gasteiger partial charge is 0.259 e. The van der Waals surface area contributed by atoms with Crippen molar-refractivity contribution in [2.75, 3.05) is 7.11 Å². The number of nitrogens with zero attached hydrogens (tertiary/aromatic N) is 1. The summed E-state index contributed by atoms with van der Waals surface area (Å²) in [4.78, 5) is 10.8. The summed E-state index contributed by atoms with van der Waals surface area (Å²) in [5.74, 6) is -0.123. The molecular formula is C13H11ClN2O2. The van der Waals surface area contributed by atoms with Crippen LogP contribution < -0.4 is 10.5 Å². The van der Waals surface area contributed by atoms with E-state index in [0.717, 1.165) is 5.56 Å². The Morgan fingerprint density at radius 2 is 2.28 bits per heavy atom. The van der Waals surface area contributed by atoms with Crippen LogP contribution in [0.1, 0.15) is 5.56 Å². The van der Waals surface area contributed by atoms with Crippen molar-refractivity contribution in [1.82, 2.24) is 0 Å². The van der Waals surface area contributed by atoms with Crippen LogP contribution in [-0.2, 0) is 4.79 Å². The van der Waals surface area contributed by atoms with Crippen LogP contribution in [0.4, 0.5) is 0 Å². The minimum Gasteiger partial charge on any atom is -0.496 e. The highest BCUT2D eigenvalue weighted by molar-refractivity contribution is 6.30. The van der Waals surface area contributed by atoms with Crippen LogP contribution in [-0.4, -0.2) is 13.0 Å². The molecule has 0 fully saturated rings. The number of primary amides is 1. The fraction of sp³-hybridized carbons (Fsp3) is 0.0769. The maximum atomic E-state index is 10.8. The third-order valence-corrected chi connectivity index (χ3v) is 2.35. The van der Waals surface area contributed by atoms with E-state index < -0.39 is 5.91 Å². The lowest BCUT2D eigenvalue weighted by atomic mass is 10.1. The van der Waals surface area contributed by atoms with E-state index in [0.29, 0.717) is 10.8 Å². The summed E-state index contributed by atoms with van der Waals surface area (Å²) in [7, 11) is 1.54. The standard InChI is InChI=1S/C13H11ClN2O2/c1-18-12-6-5-11(14)7-9(12)3-2-4-10(8-15)13(16)17/h2-7H,1H3,(H2,16,17)/b3-2-,10-4-. The van der Waals surface area contributed by atoms with Gasteiger partial charge in [0.25, 0.3) is 5.91 Å². The number of amides is 1. The van der Waals surface area contributed by atoms with Gasteiger partial charge in [-0.1, -0.05) is 23.8 Å². The van der Waals surface area contributed by atoms with Gasteiger partial charge in [0.2, 0.25) is 0 Å². The second-order valence-corrected chi connectivity index (χ2v) is 3.74. The number of halogens is 1. The molecule has 92 valence electrons. The highest BCUT2D eigenvalue weighted by Crippen LogP contribution is 2.23. The first kappa shape index (κ1) is 13.8. The molecule has 0 saturated heterocycles. The van der Waals surface area contributed by atoms with Gasteiger partial charge in [0.05, 0.1) is 7.11 Å². The van der Waals surface area contributed by atoms with Gasteiger partial charge in [-0.25, -0.2) is 0 Å². The van der Waals surface area contributed by atoms with Crippen molar-refractivity contribution in [3.05, 3.63) is 46.5 Å². The van der Waals surface area contributed by atoms with E-state index in [2.05, 4.69) is 0 Å². The Balaban J connectivity index is 3.01. The second kappa shape index (κ2) is 6.48. The van der Waals surface area contributed by atoms with E-state index in [1.807, 2.05) is 0 Å². The zero-order valence-corrected chi connectivity index (χ0v) is 10.4. The summed E-state index contributed by atoms with van der Waals surface area (Å²) in [5, 5.41) is 9.20. The molecule has 0 aliphatic heterocycles. The van der Waals surface area contributed by atoms with E-state index in [1.165, 1.54) is 12.2 Å². The van der Waals surface area contributed by atoms with Crippen LogP contribution in [0.5, 0.6) is 5.75 Å². The average Bonchev–Trinajstić information content (AvgIpc) is 2.34. The Bertz CT molecular complexity index is 557.